The minimum absolute atomic E-state index is 0.194. The van der Waals surface area contributed by atoms with Gasteiger partial charge in [-0.1, -0.05) is 30.3 Å². The van der Waals surface area contributed by atoms with Gasteiger partial charge in [0.25, 0.3) is 0 Å². The molecule has 0 saturated carbocycles. The lowest BCUT2D eigenvalue weighted by molar-refractivity contribution is -0.139. The lowest BCUT2D eigenvalue weighted by Crippen LogP contribution is -2.44. The Balaban J connectivity index is 2.76. The van der Waals surface area contributed by atoms with Crippen LogP contribution in [0.1, 0.15) is 31.9 Å². The second-order valence-corrected chi connectivity index (χ2v) is 6.05. The Labute approximate surface area is 131 Å². The summed E-state index contributed by atoms with van der Waals surface area (Å²) in [5.41, 5.74) is 1.22. The highest BCUT2D eigenvalue weighted by molar-refractivity contribution is 5.80. The molecule has 0 aliphatic rings. The van der Waals surface area contributed by atoms with Gasteiger partial charge in [0.15, 0.2) is 0 Å². The summed E-state index contributed by atoms with van der Waals surface area (Å²) in [5.74, 6) is -1.10. The Hall–Kier alpha value is -2.30. The van der Waals surface area contributed by atoms with E-state index in [9.17, 15) is 14.7 Å². The smallest absolute Gasteiger partial charge is 0.408 e. The Kier molecular flexibility index (Phi) is 6.16. The van der Waals surface area contributed by atoms with Crippen molar-refractivity contribution >= 4 is 12.1 Å². The number of amides is 1. The summed E-state index contributed by atoms with van der Waals surface area (Å²) in [4.78, 5) is 23.1. The zero-order valence-electron chi connectivity index (χ0n) is 13.3. The first-order valence-electron chi connectivity index (χ1n) is 7.12. The molecule has 0 unspecified atom stereocenters. The molecule has 1 aromatic carbocycles. The third kappa shape index (κ3) is 6.43. The molecule has 0 radical (unpaired) electrons. The van der Waals surface area contributed by atoms with Crippen LogP contribution in [0.3, 0.4) is 0 Å². The molecule has 0 heterocycles. The summed E-state index contributed by atoms with van der Waals surface area (Å²) in [5, 5.41) is 11.7. The van der Waals surface area contributed by atoms with Gasteiger partial charge in [-0.2, -0.15) is 0 Å². The van der Waals surface area contributed by atoms with Gasteiger partial charge in [-0.15, -0.1) is 6.58 Å². The van der Waals surface area contributed by atoms with E-state index in [1.165, 1.54) is 0 Å². The number of carbonyl (C=O) groups is 2. The number of carboxylic acid groups (broad SMARTS) is 1. The molecule has 120 valence electrons. The molecule has 0 saturated heterocycles. The monoisotopic (exact) mass is 305 g/mol. The van der Waals surface area contributed by atoms with Crippen LogP contribution in [-0.2, 0) is 22.4 Å². The second-order valence-electron chi connectivity index (χ2n) is 6.05. The second kappa shape index (κ2) is 7.64. The molecule has 5 heteroatoms. The number of hydrogen-bond donors (Lipinski definition) is 2. The largest absolute Gasteiger partial charge is 0.480 e. The Morgan fingerprint density at radius 2 is 2.00 bits per heavy atom. The maximum atomic E-state index is 11.7. The van der Waals surface area contributed by atoms with E-state index in [0.717, 1.165) is 11.1 Å². The molecule has 0 aliphatic carbocycles. The lowest BCUT2D eigenvalue weighted by atomic mass is 10.0. The van der Waals surface area contributed by atoms with Crippen molar-refractivity contribution in [2.45, 2.75) is 45.3 Å². The third-order valence-corrected chi connectivity index (χ3v) is 2.80. The van der Waals surface area contributed by atoms with Crippen LogP contribution in [-0.4, -0.2) is 28.8 Å². The van der Waals surface area contributed by atoms with Gasteiger partial charge in [0.1, 0.15) is 11.6 Å². The first-order valence-corrected chi connectivity index (χ1v) is 7.12. The molecule has 2 N–H and O–H groups in total. The molecule has 1 amide bonds. The molecule has 1 rings (SSSR count). The molecule has 5 nitrogen and oxygen atoms in total. The molecule has 22 heavy (non-hydrogen) atoms. The summed E-state index contributed by atoms with van der Waals surface area (Å²) < 4.78 is 5.09. The number of ether oxygens (including phenoxy) is 1. The van der Waals surface area contributed by atoms with Gasteiger partial charge in [0.2, 0.25) is 0 Å². The van der Waals surface area contributed by atoms with Gasteiger partial charge in [0.05, 0.1) is 0 Å². The topological polar surface area (TPSA) is 75.6 Å². The van der Waals surface area contributed by atoms with E-state index < -0.39 is 23.7 Å². The average Bonchev–Trinajstić information content (AvgIpc) is 2.36. The minimum Gasteiger partial charge on any atom is -0.480 e. The van der Waals surface area contributed by atoms with Crippen molar-refractivity contribution in [2.75, 3.05) is 0 Å². The zero-order chi connectivity index (χ0) is 16.8. The first-order chi connectivity index (χ1) is 10.2. The van der Waals surface area contributed by atoms with Crippen LogP contribution in [0.2, 0.25) is 0 Å². The van der Waals surface area contributed by atoms with Crippen molar-refractivity contribution in [3.63, 3.8) is 0 Å². The Morgan fingerprint density at radius 1 is 1.36 bits per heavy atom. The van der Waals surface area contributed by atoms with Gasteiger partial charge >= 0.3 is 12.1 Å². The lowest BCUT2D eigenvalue weighted by Gasteiger charge is -2.22. The van der Waals surface area contributed by atoms with E-state index in [4.69, 9.17) is 4.74 Å². The first kappa shape index (κ1) is 17.8. The highest BCUT2D eigenvalue weighted by Crippen LogP contribution is 2.11. The molecular weight excluding hydrogens is 282 g/mol. The summed E-state index contributed by atoms with van der Waals surface area (Å²) in [6.07, 6.45) is 1.96. The average molecular weight is 305 g/mol. The van der Waals surface area contributed by atoms with Gasteiger partial charge in [-0.05, 0) is 38.3 Å². The van der Waals surface area contributed by atoms with Crippen LogP contribution in [0.4, 0.5) is 4.79 Å². The van der Waals surface area contributed by atoms with Crippen LogP contribution in [0.25, 0.3) is 0 Å². The molecule has 0 aliphatic heterocycles. The van der Waals surface area contributed by atoms with E-state index in [-0.39, 0.29) is 6.42 Å². The Morgan fingerprint density at radius 3 is 2.55 bits per heavy atom. The fourth-order valence-electron chi connectivity index (χ4n) is 1.94. The van der Waals surface area contributed by atoms with E-state index in [1.54, 1.807) is 26.8 Å². The molecule has 0 aromatic heterocycles. The van der Waals surface area contributed by atoms with E-state index in [0.29, 0.717) is 6.42 Å². The number of hydrogen-bond acceptors (Lipinski definition) is 3. The molecule has 0 spiro atoms. The molecular formula is C17H23NO4. The van der Waals surface area contributed by atoms with Crippen molar-refractivity contribution in [1.29, 1.82) is 0 Å². The predicted molar refractivity (Wildman–Crippen MR) is 84.8 cm³/mol. The van der Waals surface area contributed by atoms with E-state index in [2.05, 4.69) is 11.9 Å². The molecule has 0 fully saturated rings. The van der Waals surface area contributed by atoms with Gasteiger partial charge in [-0.25, -0.2) is 9.59 Å². The number of benzene rings is 1. The summed E-state index contributed by atoms with van der Waals surface area (Å²) >= 11 is 0. The number of alkyl carbamates (subject to hydrolysis) is 1. The fourth-order valence-corrected chi connectivity index (χ4v) is 1.94. The van der Waals surface area contributed by atoms with Crippen molar-refractivity contribution in [3.05, 3.63) is 48.0 Å². The fraction of sp³-hybridized carbons (Fsp3) is 0.412. The van der Waals surface area contributed by atoms with E-state index in [1.807, 2.05) is 24.3 Å². The van der Waals surface area contributed by atoms with Crippen LogP contribution in [0.5, 0.6) is 0 Å². The highest BCUT2D eigenvalue weighted by Gasteiger charge is 2.24. The number of carboxylic acids is 1. The van der Waals surface area contributed by atoms with Gasteiger partial charge < -0.3 is 15.2 Å². The maximum Gasteiger partial charge on any atom is 0.408 e. The van der Waals surface area contributed by atoms with Gasteiger partial charge in [-0.3, -0.25) is 0 Å². The minimum atomic E-state index is -1.10. The number of carbonyl (C=O) groups excluding carboxylic acids is 1. The number of rotatable bonds is 6. The number of allylic oxidation sites excluding steroid dienone is 1. The Bertz CT molecular complexity index is 546. The van der Waals surface area contributed by atoms with Crippen molar-refractivity contribution in [3.8, 4) is 0 Å². The molecule has 0 bridgehead atoms. The normalized spacial score (nSPS) is 12.3. The summed E-state index contributed by atoms with van der Waals surface area (Å²) in [7, 11) is 0. The summed E-state index contributed by atoms with van der Waals surface area (Å²) in [6, 6.07) is 6.52. The van der Waals surface area contributed by atoms with Gasteiger partial charge in [0, 0.05) is 6.42 Å². The molecule has 1 atom stereocenters. The zero-order valence-corrected chi connectivity index (χ0v) is 13.3. The number of nitrogens with one attached hydrogen (secondary N) is 1. The van der Waals surface area contributed by atoms with Crippen molar-refractivity contribution in [1.82, 2.24) is 5.32 Å². The number of aliphatic carboxylic acids is 1. The predicted octanol–water partition coefficient (Wildman–Crippen LogP) is 2.94. The van der Waals surface area contributed by atoms with Crippen molar-refractivity contribution in [2.24, 2.45) is 0 Å². The maximum absolute atomic E-state index is 11.7. The quantitative estimate of drug-likeness (QED) is 0.792. The van der Waals surface area contributed by atoms with Crippen LogP contribution in [0.15, 0.2) is 36.9 Å². The van der Waals surface area contributed by atoms with Crippen LogP contribution in [0, 0.1) is 0 Å². The molecule has 1 aromatic rings. The highest BCUT2D eigenvalue weighted by atomic mass is 16.6. The van der Waals surface area contributed by atoms with Crippen LogP contribution < -0.4 is 5.32 Å². The van der Waals surface area contributed by atoms with E-state index >= 15 is 0 Å². The third-order valence-electron chi connectivity index (χ3n) is 2.80. The van der Waals surface area contributed by atoms with Crippen LogP contribution >= 0.6 is 0 Å². The SMILES string of the molecule is C=CCc1cccc(C[C@@H](NC(=O)OC(C)(C)C)C(=O)O)c1. The summed E-state index contributed by atoms with van der Waals surface area (Å²) in [6.45, 7) is 8.85. The standard InChI is InChI=1S/C17H23NO4/c1-5-7-12-8-6-9-13(10-12)11-14(15(19)20)18-16(21)22-17(2,3)4/h5-6,8-10,14H,1,7,11H2,2-4H3,(H,18,21)(H,19,20)/t14-/m1/s1. The van der Waals surface area contributed by atoms with Crippen molar-refractivity contribution < 1.29 is 19.4 Å².